The van der Waals surface area contributed by atoms with E-state index in [1.54, 1.807) is 6.92 Å². The summed E-state index contributed by atoms with van der Waals surface area (Å²) in [6, 6.07) is 11.1. The highest BCUT2D eigenvalue weighted by Crippen LogP contribution is 2.29. The molecule has 0 aliphatic heterocycles. The van der Waals surface area contributed by atoms with Crippen LogP contribution in [-0.2, 0) is 15.7 Å². The van der Waals surface area contributed by atoms with Crippen LogP contribution in [-0.4, -0.2) is 32.7 Å². The number of amides is 1. The van der Waals surface area contributed by atoms with Crippen molar-refractivity contribution in [1.82, 2.24) is 20.1 Å². The van der Waals surface area contributed by atoms with Gasteiger partial charge in [-0.2, -0.15) is 18.3 Å². The molecule has 1 N–H and O–H groups in total. The van der Waals surface area contributed by atoms with Gasteiger partial charge in [0, 0.05) is 6.20 Å². The number of nitrogens with zero attached hydrogens (tertiary/aromatic N) is 3. The van der Waals surface area contributed by atoms with Crippen LogP contribution in [0, 0.1) is 6.92 Å². The average molecular weight is 446 g/mol. The molecule has 3 rings (SSSR count). The summed E-state index contributed by atoms with van der Waals surface area (Å²) in [6.45, 7) is 4.81. The molecule has 1 amide bonds. The number of halogens is 3. The Labute approximate surface area is 182 Å². The Morgan fingerprint density at radius 1 is 1.06 bits per heavy atom. The highest BCUT2D eigenvalue weighted by Gasteiger charge is 2.31. The SMILES string of the molecule is Cc1c(C(=O)O[C@H](C)C(=O)N[C@H](C)c2ccccc2)cnn1-c1ccc(C(F)(F)F)cn1. The molecule has 0 aliphatic rings. The molecule has 2 heterocycles. The van der Waals surface area contributed by atoms with Gasteiger partial charge < -0.3 is 10.1 Å². The van der Waals surface area contributed by atoms with Crippen LogP contribution in [0.5, 0.6) is 0 Å². The van der Waals surface area contributed by atoms with Gasteiger partial charge in [-0.15, -0.1) is 0 Å². The number of ether oxygens (including phenoxy) is 1. The maximum atomic E-state index is 12.7. The number of hydrogen-bond acceptors (Lipinski definition) is 5. The molecule has 0 aliphatic carbocycles. The zero-order valence-electron chi connectivity index (χ0n) is 17.6. The number of alkyl halides is 3. The van der Waals surface area contributed by atoms with Crippen molar-refractivity contribution in [2.24, 2.45) is 0 Å². The monoisotopic (exact) mass is 446 g/mol. The quantitative estimate of drug-likeness (QED) is 0.578. The Morgan fingerprint density at radius 2 is 1.75 bits per heavy atom. The number of aromatic nitrogens is 3. The molecule has 168 valence electrons. The van der Waals surface area contributed by atoms with E-state index in [9.17, 15) is 22.8 Å². The van der Waals surface area contributed by atoms with Gasteiger partial charge in [-0.25, -0.2) is 14.5 Å². The second kappa shape index (κ2) is 9.21. The summed E-state index contributed by atoms with van der Waals surface area (Å²) in [5.74, 6) is -1.14. The molecule has 2 atom stereocenters. The van der Waals surface area contributed by atoms with Gasteiger partial charge in [0.1, 0.15) is 5.56 Å². The lowest BCUT2D eigenvalue weighted by molar-refractivity contribution is -0.137. The molecule has 0 saturated carbocycles. The molecule has 3 aromatic rings. The average Bonchev–Trinajstić information content (AvgIpc) is 3.15. The third kappa shape index (κ3) is 5.13. The maximum absolute atomic E-state index is 12.7. The largest absolute Gasteiger partial charge is 0.449 e. The number of carbonyl (C=O) groups excluding carboxylic acids is 2. The summed E-state index contributed by atoms with van der Waals surface area (Å²) in [5.41, 5.74) is 0.394. The molecule has 0 saturated heterocycles. The highest BCUT2D eigenvalue weighted by atomic mass is 19.4. The smallest absolute Gasteiger partial charge is 0.417 e. The van der Waals surface area contributed by atoms with Crippen molar-refractivity contribution in [3.05, 3.63) is 77.2 Å². The topological polar surface area (TPSA) is 86.1 Å². The van der Waals surface area contributed by atoms with Crippen molar-refractivity contribution < 1.29 is 27.5 Å². The molecule has 32 heavy (non-hydrogen) atoms. The van der Waals surface area contributed by atoms with Crippen molar-refractivity contribution >= 4 is 11.9 Å². The first-order valence-corrected chi connectivity index (χ1v) is 9.72. The van der Waals surface area contributed by atoms with E-state index in [1.165, 1.54) is 17.8 Å². The molecule has 7 nitrogen and oxygen atoms in total. The molecule has 0 fully saturated rings. The molecular weight excluding hydrogens is 425 g/mol. The summed E-state index contributed by atoms with van der Waals surface area (Å²) in [7, 11) is 0. The third-order valence-corrected chi connectivity index (χ3v) is 4.83. The Bertz CT molecular complexity index is 1100. The second-order valence-corrected chi connectivity index (χ2v) is 7.15. The first kappa shape index (κ1) is 23.0. The van der Waals surface area contributed by atoms with E-state index in [0.717, 1.165) is 17.7 Å². The number of benzene rings is 1. The number of rotatable bonds is 6. The van der Waals surface area contributed by atoms with Crippen molar-refractivity contribution in [3.8, 4) is 5.82 Å². The molecule has 0 radical (unpaired) electrons. The zero-order chi connectivity index (χ0) is 23.5. The van der Waals surface area contributed by atoms with Gasteiger partial charge >= 0.3 is 12.1 Å². The fourth-order valence-electron chi connectivity index (χ4n) is 2.95. The van der Waals surface area contributed by atoms with Crippen LogP contribution in [0.2, 0.25) is 0 Å². The van der Waals surface area contributed by atoms with E-state index in [1.807, 2.05) is 37.3 Å². The van der Waals surface area contributed by atoms with Gasteiger partial charge in [0.05, 0.1) is 23.5 Å². The molecule has 0 bridgehead atoms. The molecule has 10 heteroatoms. The first-order valence-electron chi connectivity index (χ1n) is 9.72. The predicted octanol–water partition coefficient (Wildman–Crippen LogP) is 4.02. The van der Waals surface area contributed by atoms with Crippen LogP contribution >= 0.6 is 0 Å². The molecule has 0 spiro atoms. The lowest BCUT2D eigenvalue weighted by Gasteiger charge is -2.18. The van der Waals surface area contributed by atoms with Gasteiger partial charge in [-0.3, -0.25) is 4.79 Å². The third-order valence-electron chi connectivity index (χ3n) is 4.83. The van der Waals surface area contributed by atoms with E-state index >= 15 is 0 Å². The van der Waals surface area contributed by atoms with Crippen molar-refractivity contribution in [3.63, 3.8) is 0 Å². The van der Waals surface area contributed by atoms with E-state index < -0.39 is 29.7 Å². The lowest BCUT2D eigenvalue weighted by Crippen LogP contribution is -2.37. The van der Waals surface area contributed by atoms with Crippen molar-refractivity contribution in [1.29, 1.82) is 0 Å². The van der Waals surface area contributed by atoms with Crippen LogP contribution in [0.15, 0.2) is 54.9 Å². The minimum Gasteiger partial charge on any atom is -0.449 e. The summed E-state index contributed by atoms with van der Waals surface area (Å²) < 4.78 is 44.6. The first-order chi connectivity index (χ1) is 15.1. The number of nitrogens with one attached hydrogen (secondary N) is 1. The second-order valence-electron chi connectivity index (χ2n) is 7.15. The Kier molecular flexibility index (Phi) is 6.61. The van der Waals surface area contributed by atoms with E-state index in [-0.39, 0.29) is 17.4 Å². The fraction of sp³-hybridized carbons (Fsp3) is 0.273. The predicted molar refractivity (Wildman–Crippen MR) is 109 cm³/mol. The molecule has 1 aromatic carbocycles. The van der Waals surface area contributed by atoms with Gasteiger partial charge in [-0.1, -0.05) is 30.3 Å². The highest BCUT2D eigenvalue weighted by molar-refractivity contribution is 5.93. The summed E-state index contributed by atoms with van der Waals surface area (Å²) >= 11 is 0. The molecule has 2 aromatic heterocycles. The molecular formula is C22H21F3N4O3. The minimum absolute atomic E-state index is 0.0717. The van der Waals surface area contributed by atoms with Gasteiger partial charge in [0.25, 0.3) is 5.91 Å². The van der Waals surface area contributed by atoms with E-state index in [2.05, 4.69) is 15.4 Å². The van der Waals surface area contributed by atoms with Crippen LogP contribution in [0.1, 0.15) is 47.1 Å². The zero-order valence-corrected chi connectivity index (χ0v) is 17.6. The lowest BCUT2D eigenvalue weighted by atomic mass is 10.1. The van der Waals surface area contributed by atoms with E-state index in [0.29, 0.717) is 11.9 Å². The summed E-state index contributed by atoms with van der Waals surface area (Å²) in [6.07, 6.45) is -3.67. The van der Waals surface area contributed by atoms with Crippen molar-refractivity contribution in [2.45, 2.75) is 39.1 Å². The van der Waals surface area contributed by atoms with Gasteiger partial charge in [0.2, 0.25) is 0 Å². The Hall–Kier alpha value is -3.69. The van der Waals surface area contributed by atoms with E-state index in [4.69, 9.17) is 4.74 Å². The van der Waals surface area contributed by atoms with Crippen LogP contribution < -0.4 is 5.32 Å². The minimum atomic E-state index is -4.51. The summed E-state index contributed by atoms with van der Waals surface area (Å²) in [4.78, 5) is 28.7. The van der Waals surface area contributed by atoms with Gasteiger partial charge in [-0.05, 0) is 38.5 Å². The number of pyridine rings is 1. The normalized spacial score (nSPS) is 13.3. The number of esters is 1. The van der Waals surface area contributed by atoms with Crippen LogP contribution in [0.4, 0.5) is 13.2 Å². The van der Waals surface area contributed by atoms with Crippen LogP contribution in [0.3, 0.4) is 0 Å². The Morgan fingerprint density at radius 3 is 2.34 bits per heavy atom. The fourth-order valence-corrected chi connectivity index (χ4v) is 2.95. The van der Waals surface area contributed by atoms with Gasteiger partial charge in [0.15, 0.2) is 11.9 Å². The molecule has 0 unspecified atom stereocenters. The number of hydrogen-bond donors (Lipinski definition) is 1. The Balaban J connectivity index is 1.67. The standard InChI is InChI=1S/C22H21F3N4O3/c1-13(16-7-5-4-6-8-16)28-20(30)15(3)32-21(31)18-12-27-29(14(18)2)19-10-9-17(11-26-19)22(23,24)25/h4-13,15H,1-3H3,(H,28,30)/t13-,15-/m1/s1. The maximum Gasteiger partial charge on any atom is 0.417 e. The van der Waals surface area contributed by atoms with Crippen LogP contribution in [0.25, 0.3) is 5.82 Å². The van der Waals surface area contributed by atoms with Crippen molar-refractivity contribution in [2.75, 3.05) is 0 Å². The number of carbonyl (C=O) groups is 2. The summed E-state index contributed by atoms with van der Waals surface area (Å²) in [5, 5.41) is 6.79.